The molecule has 3 nitrogen and oxygen atoms in total. The van der Waals surface area contributed by atoms with Gasteiger partial charge in [0, 0.05) is 12.6 Å². The Labute approximate surface area is 99.8 Å². The summed E-state index contributed by atoms with van der Waals surface area (Å²) >= 11 is 0. The monoisotopic (exact) mass is 229 g/mol. The molecule has 0 saturated carbocycles. The molecule has 2 unspecified atom stereocenters. The van der Waals surface area contributed by atoms with Gasteiger partial charge in [0.05, 0.1) is 18.8 Å². The molecule has 2 atom stereocenters. The van der Waals surface area contributed by atoms with Crippen molar-refractivity contribution in [3.63, 3.8) is 0 Å². The van der Waals surface area contributed by atoms with E-state index in [9.17, 15) is 5.11 Å². The van der Waals surface area contributed by atoms with Crippen molar-refractivity contribution in [1.29, 1.82) is 0 Å². The predicted molar refractivity (Wildman–Crippen MR) is 66.6 cm³/mol. The van der Waals surface area contributed by atoms with Crippen molar-refractivity contribution < 1.29 is 9.84 Å². The predicted octanol–water partition coefficient (Wildman–Crippen LogP) is 2.04. The maximum absolute atomic E-state index is 9.48. The van der Waals surface area contributed by atoms with E-state index >= 15 is 0 Å². The number of likely N-dealkylation sites (tertiary alicyclic amines) is 1. The summed E-state index contributed by atoms with van der Waals surface area (Å²) in [4.78, 5) is 2.48. The van der Waals surface area contributed by atoms with Crippen molar-refractivity contribution >= 4 is 0 Å². The molecule has 0 bridgehead atoms. The number of aliphatic hydroxyl groups excluding tert-OH is 1. The lowest BCUT2D eigenvalue weighted by atomic mass is 9.97. The fourth-order valence-corrected chi connectivity index (χ4v) is 2.42. The minimum absolute atomic E-state index is 0.184. The summed E-state index contributed by atoms with van der Waals surface area (Å²) in [6.07, 6.45) is 4.86. The fraction of sp³-hybridized carbons (Fsp3) is 1.00. The molecular formula is C13H27NO2. The van der Waals surface area contributed by atoms with Crippen molar-refractivity contribution in [2.75, 3.05) is 19.7 Å². The Kier molecular flexibility index (Phi) is 6.32. The lowest BCUT2D eigenvalue weighted by Crippen LogP contribution is -2.43. The summed E-state index contributed by atoms with van der Waals surface area (Å²) in [5, 5.41) is 9.48. The zero-order valence-electron chi connectivity index (χ0n) is 11.0. The van der Waals surface area contributed by atoms with Gasteiger partial charge in [-0.1, -0.05) is 6.42 Å². The van der Waals surface area contributed by atoms with Crippen molar-refractivity contribution in [3.05, 3.63) is 0 Å². The van der Waals surface area contributed by atoms with Crippen LogP contribution in [0.4, 0.5) is 0 Å². The molecule has 1 saturated heterocycles. The summed E-state index contributed by atoms with van der Waals surface area (Å²) in [5.41, 5.74) is 0. The quantitative estimate of drug-likeness (QED) is 0.756. The summed E-state index contributed by atoms with van der Waals surface area (Å²) in [6, 6.07) is 0.560. The molecule has 0 spiro atoms. The molecule has 0 aromatic heterocycles. The van der Waals surface area contributed by atoms with Crippen molar-refractivity contribution in [2.45, 2.75) is 64.7 Å². The second-order valence-corrected chi connectivity index (χ2v) is 5.19. The Hall–Kier alpha value is -0.120. The van der Waals surface area contributed by atoms with Crippen LogP contribution in [0.2, 0.25) is 0 Å². The van der Waals surface area contributed by atoms with Gasteiger partial charge in [0.15, 0.2) is 0 Å². The second kappa shape index (κ2) is 7.25. The highest BCUT2D eigenvalue weighted by Gasteiger charge is 2.23. The van der Waals surface area contributed by atoms with E-state index in [0.717, 1.165) is 19.6 Å². The molecule has 0 aromatic carbocycles. The molecule has 0 aliphatic carbocycles. The van der Waals surface area contributed by atoms with Crippen LogP contribution in [0.3, 0.4) is 0 Å². The van der Waals surface area contributed by atoms with Gasteiger partial charge in [0.1, 0.15) is 0 Å². The largest absolute Gasteiger partial charge is 0.393 e. The Balaban J connectivity index is 2.29. The maximum Gasteiger partial charge on any atom is 0.0597 e. The third kappa shape index (κ3) is 5.28. The van der Waals surface area contributed by atoms with E-state index in [0.29, 0.717) is 12.1 Å². The van der Waals surface area contributed by atoms with Gasteiger partial charge < -0.3 is 9.84 Å². The average Bonchev–Trinajstić information content (AvgIpc) is 2.19. The van der Waals surface area contributed by atoms with Crippen LogP contribution in [0.25, 0.3) is 0 Å². The Morgan fingerprint density at radius 2 is 2.06 bits per heavy atom. The van der Waals surface area contributed by atoms with E-state index in [2.05, 4.69) is 18.7 Å². The number of ether oxygens (including phenoxy) is 1. The summed E-state index contributed by atoms with van der Waals surface area (Å²) in [6.45, 7) is 9.02. The highest BCUT2D eigenvalue weighted by molar-refractivity contribution is 4.78. The molecule has 1 heterocycles. The molecule has 1 aliphatic heterocycles. The maximum atomic E-state index is 9.48. The average molecular weight is 229 g/mol. The van der Waals surface area contributed by atoms with E-state index in [-0.39, 0.29) is 6.10 Å². The standard InChI is InChI=1S/C13H27NO2/c1-11(2)16-9-8-14-7-5-4-6-13(14)10-12(3)15/h11-13,15H,4-10H2,1-3H3. The first-order valence-electron chi connectivity index (χ1n) is 6.63. The number of nitrogens with zero attached hydrogens (tertiary/aromatic N) is 1. The normalized spacial score (nSPS) is 24.9. The van der Waals surface area contributed by atoms with Crippen LogP contribution in [0.5, 0.6) is 0 Å². The van der Waals surface area contributed by atoms with Gasteiger partial charge >= 0.3 is 0 Å². The van der Waals surface area contributed by atoms with Gasteiger partial charge in [-0.25, -0.2) is 0 Å². The summed E-state index contributed by atoms with van der Waals surface area (Å²) in [7, 11) is 0. The van der Waals surface area contributed by atoms with Gasteiger partial charge in [0.2, 0.25) is 0 Å². The van der Waals surface area contributed by atoms with Gasteiger partial charge in [-0.15, -0.1) is 0 Å². The van der Waals surface area contributed by atoms with Crippen molar-refractivity contribution in [1.82, 2.24) is 4.90 Å². The molecule has 1 rings (SSSR count). The zero-order valence-corrected chi connectivity index (χ0v) is 11.0. The van der Waals surface area contributed by atoms with E-state index in [1.807, 2.05) is 6.92 Å². The minimum Gasteiger partial charge on any atom is -0.393 e. The minimum atomic E-state index is -0.184. The molecule has 1 fully saturated rings. The molecular weight excluding hydrogens is 202 g/mol. The van der Waals surface area contributed by atoms with Crippen molar-refractivity contribution in [3.8, 4) is 0 Å². The highest BCUT2D eigenvalue weighted by Crippen LogP contribution is 2.20. The van der Waals surface area contributed by atoms with Crippen LogP contribution in [0, 0.1) is 0 Å². The highest BCUT2D eigenvalue weighted by atomic mass is 16.5. The third-order valence-corrected chi connectivity index (χ3v) is 3.19. The molecule has 16 heavy (non-hydrogen) atoms. The van der Waals surface area contributed by atoms with Crippen LogP contribution in [0.1, 0.15) is 46.5 Å². The van der Waals surface area contributed by atoms with Crippen LogP contribution in [-0.2, 0) is 4.74 Å². The Morgan fingerprint density at radius 1 is 1.31 bits per heavy atom. The molecule has 1 N–H and O–H groups in total. The van der Waals surface area contributed by atoms with Gasteiger partial charge in [0.25, 0.3) is 0 Å². The van der Waals surface area contributed by atoms with Crippen molar-refractivity contribution in [2.24, 2.45) is 0 Å². The molecule has 0 amide bonds. The van der Waals surface area contributed by atoms with E-state index in [1.54, 1.807) is 0 Å². The van der Waals surface area contributed by atoms with E-state index < -0.39 is 0 Å². The number of piperidine rings is 1. The zero-order chi connectivity index (χ0) is 12.0. The first-order chi connectivity index (χ1) is 7.59. The van der Waals surface area contributed by atoms with Gasteiger partial charge in [-0.05, 0) is 46.6 Å². The van der Waals surface area contributed by atoms with Crippen LogP contribution >= 0.6 is 0 Å². The van der Waals surface area contributed by atoms with Crippen LogP contribution in [0.15, 0.2) is 0 Å². The van der Waals surface area contributed by atoms with Crippen LogP contribution < -0.4 is 0 Å². The van der Waals surface area contributed by atoms with Gasteiger partial charge in [-0.3, -0.25) is 4.90 Å². The summed E-state index contributed by atoms with van der Waals surface area (Å²) in [5.74, 6) is 0. The molecule has 1 aliphatic rings. The smallest absolute Gasteiger partial charge is 0.0597 e. The topological polar surface area (TPSA) is 32.7 Å². The van der Waals surface area contributed by atoms with E-state index in [1.165, 1.54) is 25.8 Å². The van der Waals surface area contributed by atoms with E-state index in [4.69, 9.17) is 4.74 Å². The number of rotatable bonds is 6. The fourth-order valence-electron chi connectivity index (χ4n) is 2.42. The first-order valence-corrected chi connectivity index (χ1v) is 6.63. The molecule has 3 heteroatoms. The number of aliphatic hydroxyl groups is 1. The molecule has 96 valence electrons. The lowest BCUT2D eigenvalue weighted by Gasteiger charge is -2.36. The third-order valence-electron chi connectivity index (χ3n) is 3.19. The second-order valence-electron chi connectivity index (χ2n) is 5.19. The summed E-state index contributed by atoms with van der Waals surface area (Å²) < 4.78 is 5.59. The molecule has 0 radical (unpaired) electrons. The molecule has 0 aromatic rings. The Morgan fingerprint density at radius 3 is 2.69 bits per heavy atom. The van der Waals surface area contributed by atoms with Crippen LogP contribution in [-0.4, -0.2) is 48.0 Å². The Bertz CT molecular complexity index is 183. The lowest BCUT2D eigenvalue weighted by molar-refractivity contribution is 0.0286. The number of hydrogen-bond acceptors (Lipinski definition) is 3. The SMILES string of the molecule is CC(O)CC1CCCCN1CCOC(C)C. The van der Waals surface area contributed by atoms with Gasteiger partial charge in [-0.2, -0.15) is 0 Å². The first kappa shape index (κ1) is 13.9. The number of hydrogen-bond donors (Lipinski definition) is 1.